The van der Waals surface area contributed by atoms with E-state index in [1.54, 1.807) is 7.11 Å². The number of aryl methyl sites for hydroxylation is 1. The first-order valence-electron chi connectivity index (χ1n) is 8.40. The molecule has 0 unspecified atom stereocenters. The van der Waals surface area contributed by atoms with Crippen molar-refractivity contribution in [3.05, 3.63) is 69.9 Å². The molecule has 0 aliphatic carbocycles. The van der Waals surface area contributed by atoms with E-state index in [-0.39, 0.29) is 0 Å². The molecule has 5 heteroatoms. The van der Waals surface area contributed by atoms with E-state index >= 15 is 0 Å². The van der Waals surface area contributed by atoms with Crippen molar-refractivity contribution in [1.82, 2.24) is 9.78 Å². The van der Waals surface area contributed by atoms with Crippen molar-refractivity contribution in [2.75, 3.05) is 19.0 Å². The maximum Gasteiger partial charge on any atom is 0.133 e. The molecule has 1 N–H and O–H groups in total. The van der Waals surface area contributed by atoms with Gasteiger partial charge in [0.2, 0.25) is 0 Å². The predicted octanol–water partition coefficient (Wildman–Crippen LogP) is 4.40. The Morgan fingerprint density at radius 1 is 1.24 bits per heavy atom. The van der Waals surface area contributed by atoms with Crippen LogP contribution in [0.2, 0.25) is 5.02 Å². The summed E-state index contributed by atoms with van der Waals surface area (Å²) < 4.78 is 7.34. The molecule has 0 bridgehead atoms. The molecule has 0 saturated heterocycles. The second-order valence-corrected chi connectivity index (χ2v) is 6.76. The molecule has 0 atom stereocenters. The number of aromatic nitrogens is 2. The molecule has 0 saturated carbocycles. The second kappa shape index (κ2) is 6.45. The Labute approximate surface area is 152 Å². The lowest BCUT2D eigenvalue weighted by molar-refractivity contribution is 0.414. The minimum Gasteiger partial charge on any atom is -0.497 e. The number of halogens is 1. The third kappa shape index (κ3) is 2.98. The average molecular weight is 354 g/mol. The zero-order valence-corrected chi connectivity index (χ0v) is 15.1. The van der Waals surface area contributed by atoms with Crippen LogP contribution in [0.1, 0.15) is 22.4 Å². The maximum atomic E-state index is 6.21. The normalized spacial score (nSPS) is 12.8. The summed E-state index contributed by atoms with van der Waals surface area (Å²) in [4.78, 5) is 0. The van der Waals surface area contributed by atoms with Crippen LogP contribution in [0.3, 0.4) is 0 Å². The van der Waals surface area contributed by atoms with E-state index in [1.165, 1.54) is 11.1 Å². The third-order valence-corrected chi connectivity index (χ3v) is 4.87. The number of nitrogens with zero attached hydrogens (tertiary/aromatic N) is 2. The summed E-state index contributed by atoms with van der Waals surface area (Å²) in [6.45, 7) is 3.02. The highest BCUT2D eigenvalue weighted by molar-refractivity contribution is 6.30. The van der Waals surface area contributed by atoms with Crippen molar-refractivity contribution in [3.8, 4) is 11.4 Å². The molecular weight excluding hydrogens is 334 g/mol. The number of fused-ring (bicyclic) bond motifs is 1. The lowest BCUT2D eigenvalue weighted by Gasteiger charge is -2.10. The zero-order chi connectivity index (χ0) is 17.4. The number of hydrogen-bond acceptors (Lipinski definition) is 3. The number of benzene rings is 2. The van der Waals surface area contributed by atoms with Gasteiger partial charge in [0.15, 0.2) is 0 Å². The van der Waals surface area contributed by atoms with E-state index in [0.717, 1.165) is 52.9 Å². The van der Waals surface area contributed by atoms with Gasteiger partial charge in [-0.15, -0.1) is 0 Å². The quantitative estimate of drug-likeness (QED) is 0.755. The number of anilines is 1. The van der Waals surface area contributed by atoms with Gasteiger partial charge >= 0.3 is 0 Å². The van der Waals surface area contributed by atoms with E-state index < -0.39 is 0 Å². The minimum atomic E-state index is 0.720. The van der Waals surface area contributed by atoms with Gasteiger partial charge in [-0.1, -0.05) is 29.8 Å². The van der Waals surface area contributed by atoms with E-state index in [2.05, 4.69) is 24.4 Å². The lowest BCUT2D eigenvalue weighted by atomic mass is 10.1. The Hall–Kier alpha value is -2.46. The topological polar surface area (TPSA) is 39.1 Å². The fourth-order valence-electron chi connectivity index (χ4n) is 3.35. The molecule has 0 amide bonds. The van der Waals surface area contributed by atoms with Crippen LogP contribution in [-0.4, -0.2) is 23.4 Å². The fourth-order valence-corrected chi connectivity index (χ4v) is 3.51. The molecule has 4 rings (SSSR count). The molecule has 4 nitrogen and oxygen atoms in total. The van der Waals surface area contributed by atoms with Crippen molar-refractivity contribution < 1.29 is 4.74 Å². The van der Waals surface area contributed by atoms with Crippen LogP contribution in [0.25, 0.3) is 5.69 Å². The fraction of sp³-hybridized carbons (Fsp3) is 0.250. The van der Waals surface area contributed by atoms with Gasteiger partial charge in [-0.2, -0.15) is 5.10 Å². The first-order valence-corrected chi connectivity index (χ1v) is 8.77. The molecular formula is C20H20ClN3O. The van der Waals surface area contributed by atoms with Crippen molar-refractivity contribution in [2.45, 2.75) is 19.8 Å². The van der Waals surface area contributed by atoms with Crippen LogP contribution in [-0.2, 0) is 12.8 Å². The molecule has 128 valence electrons. The number of methoxy groups -OCH3 is 1. The van der Waals surface area contributed by atoms with Gasteiger partial charge in [-0.25, -0.2) is 4.68 Å². The number of hydrogen-bond donors (Lipinski definition) is 1. The third-order valence-electron chi connectivity index (χ3n) is 4.64. The van der Waals surface area contributed by atoms with Crippen molar-refractivity contribution in [3.63, 3.8) is 0 Å². The summed E-state index contributed by atoms with van der Waals surface area (Å²) in [7, 11) is 1.69. The molecule has 0 fully saturated rings. The standard InChI is InChI=1S/C20H20ClN3O/c1-13-6-7-15(21)12-19(13)24-20-17(8-9-22-20)18(23-24)11-14-4-3-5-16(10-14)25-2/h3-7,10,12,22H,8-9,11H2,1-2H3. The Morgan fingerprint density at radius 3 is 2.96 bits per heavy atom. The van der Waals surface area contributed by atoms with E-state index in [0.29, 0.717) is 0 Å². The summed E-state index contributed by atoms with van der Waals surface area (Å²) in [6, 6.07) is 14.1. The second-order valence-electron chi connectivity index (χ2n) is 6.32. The maximum absolute atomic E-state index is 6.21. The van der Waals surface area contributed by atoms with E-state index in [9.17, 15) is 0 Å². The first-order chi connectivity index (χ1) is 12.2. The number of nitrogens with one attached hydrogen (secondary N) is 1. The van der Waals surface area contributed by atoms with Crippen LogP contribution in [0.5, 0.6) is 5.75 Å². The molecule has 1 aliphatic rings. The molecule has 0 radical (unpaired) electrons. The summed E-state index contributed by atoms with van der Waals surface area (Å²) in [5.41, 5.74) is 5.77. The van der Waals surface area contributed by atoms with Crippen molar-refractivity contribution in [2.24, 2.45) is 0 Å². The van der Waals surface area contributed by atoms with E-state index in [1.807, 2.05) is 35.0 Å². The van der Waals surface area contributed by atoms with Gasteiger partial charge in [0.05, 0.1) is 18.5 Å². The summed E-state index contributed by atoms with van der Waals surface area (Å²) >= 11 is 6.21. The Kier molecular flexibility index (Phi) is 4.14. The Bertz CT molecular complexity index is 933. The largest absolute Gasteiger partial charge is 0.497 e. The monoisotopic (exact) mass is 353 g/mol. The molecule has 0 spiro atoms. The Balaban J connectivity index is 1.76. The van der Waals surface area contributed by atoms with Crippen molar-refractivity contribution in [1.29, 1.82) is 0 Å². The average Bonchev–Trinajstić information content (AvgIpc) is 3.21. The highest BCUT2D eigenvalue weighted by Gasteiger charge is 2.23. The Morgan fingerprint density at radius 2 is 2.12 bits per heavy atom. The van der Waals surface area contributed by atoms with Gasteiger partial charge in [0, 0.05) is 23.6 Å². The van der Waals surface area contributed by atoms with Gasteiger partial charge in [-0.3, -0.25) is 0 Å². The van der Waals surface area contributed by atoms with Crippen molar-refractivity contribution >= 4 is 17.4 Å². The van der Waals surface area contributed by atoms with Gasteiger partial charge in [0.1, 0.15) is 11.6 Å². The lowest BCUT2D eigenvalue weighted by Crippen LogP contribution is -2.06. The van der Waals surface area contributed by atoms with Crippen LogP contribution in [0, 0.1) is 6.92 Å². The molecule has 1 aliphatic heterocycles. The van der Waals surface area contributed by atoms with Crippen LogP contribution < -0.4 is 10.1 Å². The first kappa shape index (κ1) is 16.0. The van der Waals surface area contributed by atoms with Crippen LogP contribution in [0.4, 0.5) is 5.82 Å². The summed E-state index contributed by atoms with van der Waals surface area (Å²) in [5, 5.41) is 9.10. The smallest absolute Gasteiger partial charge is 0.133 e. The van der Waals surface area contributed by atoms with Crippen LogP contribution in [0.15, 0.2) is 42.5 Å². The number of rotatable bonds is 4. The predicted molar refractivity (Wildman–Crippen MR) is 101 cm³/mol. The SMILES string of the molecule is COc1cccc(Cc2nn(-c3cc(Cl)ccc3C)c3c2CCN3)c1. The molecule has 25 heavy (non-hydrogen) atoms. The van der Waals surface area contributed by atoms with E-state index in [4.69, 9.17) is 21.4 Å². The molecule has 1 aromatic heterocycles. The summed E-state index contributed by atoms with van der Waals surface area (Å²) in [5.74, 6) is 1.96. The zero-order valence-electron chi connectivity index (χ0n) is 14.3. The van der Waals surface area contributed by atoms with Gasteiger partial charge in [0.25, 0.3) is 0 Å². The molecule has 2 heterocycles. The van der Waals surface area contributed by atoms with Gasteiger partial charge < -0.3 is 10.1 Å². The number of ether oxygens (including phenoxy) is 1. The summed E-state index contributed by atoms with van der Waals surface area (Å²) in [6.07, 6.45) is 1.78. The highest BCUT2D eigenvalue weighted by atomic mass is 35.5. The molecule has 2 aromatic carbocycles. The van der Waals surface area contributed by atoms with Crippen LogP contribution >= 0.6 is 11.6 Å². The van der Waals surface area contributed by atoms with Gasteiger partial charge in [-0.05, 0) is 48.7 Å². The molecule has 3 aromatic rings. The highest BCUT2D eigenvalue weighted by Crippen LogP contribution is 2.32. The minimum absolute atomic E-state index is 0.720.